The van der Waals surface area contributed by atoms with Crippen LogP contribution in [0.4, 0.5) is 11.4 Å². The molecule has 0 amide bonds. The van der Waals surface area contributed by atoms with Gasteiger partial charge in [-0.15, -0.1) is 0 Å². The molecule has 5 heteroatoms. The first-order valence-electron chi connectivity index (χ1n) is 7.13. The molecule has 1 rings (SSSR count). The first kappa shape index (κ1) is 16.4. The Morgan fingerprint density at radius 1 is 1.10 bits per heavy atom. The van der Waals surface area contributed by atoms with Crippen molar-refractivity contribution in [3.8, 4) is 11.5 Å². The van der Waals surface area contributed by atoms with Crippen LogP contribution in [-0.4, -0.2) is 45.3 Å². The van der Waals surface area contributed by atoms with Crippen molar-refractivity contribution in [1.29, 1.82) is 0 Å². The standard InChI is InChI=1S/C15H27N3O2/c1-5-18(6-2)9-7-8-17-13-11-15(20-4)14(19-3)10-12(13)16/h10-11,17H,5-9,16H2,1-4H3. The predicted molar refractivity (Wildman–Crippen MR) is 84.9 cm³/mol. The first-order chi connectivity index (χ1) is 9.65. The van der Waals surface area contributed by atoms with E-state index in [9.17, 15) is 0 Å². The fraction of sp³-hybridized carbons (Fsp3) is 0.600. The fourth-order valence-corrected chi connectivity index (χ4v) is 2.11. The number of benzene rings is 1. The summed E-state index contributed by atoms with van der Waals surface area (Å²) in [6.45, 7) is 8.53. The minimum atomic E-state index is 0.652. The third kappa shape index (κ3) is 4.49. The second-order valence-electron chi connectivity index (χ2n) is 4.60. The Bertz CT molecular complexity index is 406. The summed E-state index contributed by atoms with van der Waals surface area (Å²) in [6, 6.07) is 3.66. The van der Waals surface area contributed by atoms with Gasteiger partial charge in [-0.3, -0.25) is 0 Å². The molecule has 0 aliphatic carbocycles. The summed E-state index contributed by atoms with van der Waals surface area (Å²) in [7, 11) is 3.23. The van der Waals surface area contributed by atoms with Gasteiger partial charge in [0.05, 0.1) is 25.6 Å². The molecule has 1 aromatic carbocycles. The van der Waals surface area contributed by atoms with Crippen molar-refractivity contribution >= 4 is 11.4 Å². The Morgan fingerprint density at radius 2 is 1.70 bits per heavy atom. The lowest BCUT2D eigenvalue weighted by atomic mass is 10.2. The molecule has 5 nitrogen and oxygen atoms in total. The van der Waals surface area contributed by atoms with E-state index in [1.807, 2.05) is 6.07 Å². The second kappa shape index (κ2) is 8.53. The maximum absolute atomic E-state index is 6.01. The van der Waals surface area contributed by atoms with E-state index in [1.54, 1.807) is 20.3 Å². The summed E-state index contributed by atoms with van der Waals surface area (Å²) in [4.78, 5) is 2.40. The highest BCUT2D eigenvalue weighted by Gasteiger charge is 2.08. The van der Waals surface area contributed by atoms with Gasteiger partial charge in [-0.2, -0.15) is 0 Å². The van der Waals surface area contributed by atoms with Gasteiger partial charge in [0.15, 0.2) is 11.5 Å². The molecule has 0 aromatic heterocycles. The largest absolute Gasteiger partial charge is 0.493 e. The maximum Gasteiger partial charge on any atom is 0.162 e. The molecule has 1 aromatic rings. The van der Waals surface area contributed by atoms with Gasteiger partial charge in [0.25, 0.3) is 0 Å². The van der Waals surface area contributed by atoms with Gasteiger partial charge >= 0.3 is 0 Å². The summed E-state index contributed by atoms with van der Waals surface area (Å²) < 4.78 is 10.5. The van der Waals surface area contributed by atoms with E-state index >= 15 is 0 Å². The van der Waals surface area contributed by atoms with Crippen molar-refractivity contribution in [3.05, 3.63) is 12.1 Å². The average molecular weight is 281 g/mol. The average Bonchev–Trinajstić information content (AvgIpc) is 2.48. The molecule has 0 aliphatic heterocycles. The first-order valence-corrected chi connectivity index (χ1v) is 7.13. The zero-order chi connectivity index (χ0) is 15.0. The third-order valence-corrected chi connectivity index (χ3v) is 3.42. The second-order valence-corrected chi connectivity index (χ2v) is 4.60. The number of hydrogen-bond acceptors (Lipinski definition) is 5. The van der Waals surface area contributed by atoms with E-state index in [0.717, 1.165) is 38.3 Å². The van der Waals surface area contributed by atoms with Crippen LogP contribution < -0.4 is 20.5 Å². The summed E-state index contributed by atoms with van der Waals surface area (Å²) in [6.07, 6.45) is 1.08. The highest BCUT2D eigenvalue weighted by Crippen LogP contribution is 2.34. The highest BCUT2D eigenvalue weighted by molar-refractivity contribution is 5.71. The smallest absolute Gasteiger partial charge is 0.162 e. The van der Waals surface area contributed by atoms with Crippen molar-refractivity contribution in [3.63, 3.8) is 0 Å². The lowest BCUT2D eigenvalue weighted by Crippen LogP contribution is -2.25. The van der Waals surface area contributed by atoms with Gasteiger partial charge < -0.3 is 25.4 Å². The number of rotatable bonds is 9. The minimum absolute atomic E-state index is 0.652. The molecule has 0 saturated heterocycles. The molecule has 0 heterocycles. The maximum atomic E-state index is 6.01. The molecular formula is C15H27N3O2. The van der Waals surface area contributed by atoms with Crippen molar-refractivity contribution in [2.24, 2.45) is 0 Å². The fourth-order valence-electron chi connectivity index (χ4n) is 2.11. The molecule has 0 bridgehead atoms. The zero-order valence-electron chi connectivity index (χ0n) is 13.0. The van der Waals surface area contributed by atoms with Crippen LogP contribution in [0.15, 0.2) is 12.1 Å². The molecular weight excluding hydrogens is 254 g/mol. The minimum Gasteiger partial charge on any atom is -0.493 e. The lowest BCUT2D eigenvalue weighted by Gasteiger charge is -2.18. The Hall–Kier alpha value is -1.62. The quantitative estimate of drug-likeness (QED) is 0.538. The molecule has 0 fully saturated rings. The van der Waals surface area contributed by atoms with Crippen LogP contribution in [0, 0.1) is 0 Å². The van der Waals surface area contributed by atoms with E-state index in [0.29, 0.717) is 17.2 Å². The number of nitrogens with zero attached hydrogens (tertiary/aromatic N) is 1. The van der Waals surface area contributed by atoms with E-state index in [4.69, 9.17) is 15.2 Å². The molecule has 20 heavy (non-hydrogen) atoms. The van der Waals surface area contributed by atoms with Crippen LogP contribution in [-0.2, 0) is 0 Å². The van der Waals surface area contributed by atoms with Crippen molar-refractivity contribution < 1.29 is 9.47 Å². The Labute approximate surface area is 122 Å². The Balaban J connectivity index is 2.55. The number of methoxy groups -OCH3 is 2. The number of nitrogens with two attached hydrogens (primary N) is 1. The molecule has 0 radical (unpaired) electrons. The van der Waals surface area contributed by atoms with Gasteiger partial charge in [-0.25, -0.2) is 0 Å². The number of ether oxygens (including phenoxy) is 2. The monoisotopic (exact) mass is 281 g/mol. The van der Waals surface area contributed by atoms with Crippen LogP contribution in [0.5, 0.6) is 11.5 Å². The van der Waals surface area contributed by atoms with Gasteiger partial charge in [0.2, 0.25) is 0 Å². The number of nitrogen functional groups attached to an aromatic ring is 1. The van der Waals surface area contributed by atoms with E-state index < -0.39 is 0 Å². The summed E-state index contributed by atoms with van der Waals surface area (Å²) in [5, 5.41) is 3.36. The Kier molecular flexibility index (Phi) is 7.01. The van der Waals surface area contributed by atoms with Crippen LogP contribution in [0.3, 0.4) is 0 Å². The number of hydrogen-bond donors (Lipinski definition) is 2. The SMILES string of the molecule is CCN(CC)CCCNc1cc(OC)c(OC)cc1N. The van der Waals surface area contributed by atoms with Gasteiger partial charge in [0, 0.05) is 18.7 Å². The van der Waals surface area contributed by atoms with Gasteiger partial charge in [-0.05, 0) is 26.1 Å². The molecule has 0 saturated carbocycles. The third-order valence-electron chi connectivity index (χ3n) is 3.42. The van der Waals surface area contributed by atoms with Crippen LogP contribution in [0.25, 0.3) is 0 Å². The molecule has 114 valence electrons. The van der Waals surface area contributed by atoms with Crippen molar-refractivity contribution in [2.75, 3.05) is 51.4 Å². The van der Waals surface area contributed by atoms with Crippen LogP contribution >= 0.6 is 0 Å². The van der Waals surface area contributed by atoms with Crippen molar-refractivity contribution in [2.45, 2.75) is 20.3 Å². The molecule has 3 N–H and O–H groups in total. The lowest BCUT2D eigenvalue weighted by molar-refractivity contribution is 0.303. The zero-order valence-corrected chi connectivity index (χ0v) is 13.0. The van der Waals surface area contributed by atoms with E-state index in [1.165, 1.54) is 0 Å². The topological polar surface area (TPSA) is 59.8 Å². The number of anilines is 2. The summed E-state index contributed by atoms with van der Waals surface area (Å²) >= 11 is 0. The van der Waals surface area contributed by atoms with E-state index in [2.05, 4.69) is 24.1 Å². The molecule has 0 atom stereocenters. The summed E-state index contributed by atoms with van der Waals surface area (Å²) in [5.74, 6) is 1.34. The molecule has 0 unspecified atom stereocenters. The van der Waals surface area contributed by atoms with Crippen LogP contribution in [0.2, 0.25) is 0 Å². The normalized spacial score (nSPS) is 10.7. The number of nitrogens with one attached hydrogen (secondary N) is 1. The predicted octanol–water partition coefficient (Wildman–Crippen LogP) is 2.43. The Morgan fingerprint density at radius 3 is 2.25 bits per heavy atom. The van der Waals surface area contributed by atoms with Crippen molar-refractivity contribution in [1.82, 2.24) is 4.90 Å². The van der Waals surface area contributed by atoms with E-state index in [-0.39, 0.29) is 0 Å². The van der Waals surface area contributed by atoms with Gasteiger partial charge in [0.1, 0.15) is 0 Å². The molecule has 0 spiro atoms. The van der Waals surface area contributed by atoms with Crippen LogP contribution in [0.1, 0.15) is 20.3 Å². The molecule has 0 aliphatic rings. The highest BCUT2D eigenvalue weighted by atomic mass is 16.5. The summed E-state index contributed by atoms with van der Waals surface area (Å²) in [5.41, 5.74) is 7.57. The van der Waals surface area contributed by atoms with Gasteiger partial charge in [-0.1, -0.05) is 13.8 Å².